The molecular formula is C19H11ClFN5O2S. The number of halogens is 2. The van der Waals surface area contributed by atoms with E-state index in [0.717, 1.165) is 4.42 Å². The van der Waals surface area contributed by atoms with Crippen LogP contribution in [0, 0.1) is 5.82 Å². The first-order valence-electron chi connectivity index (χ1n) is 8.22. The lowest BCUT2D eigenvalue weighted by atomic mass is 10.2. The summed E-state index contributed by atoms with van der Waals surface area (Å²) < 4.78 is 19.6. The van der Waals surface area contributed by atoms with Crippen LogP contribution in [0.1, 0.15) is 10.4 Å². The number of carbonyl (C=O) groups excluding carboxylic acids is 1. The van der Waals surface area contributed by atoms with Gasteiger partial charge < -0.3 is 4.74 Å². The van der Waals surface area contributed by atoms with Gasteiger partial charge in [0.15, 0.2) is 0 Å². The molecule has 29 heavy (non-hydrogen) atoms. The second kappa shape index (κ2) is 8.29. The SMILES string of the molecule is O=C(c1ccc(F)cc1)N(Cl)c1nc(-c2cc(Oc3cccnc3)ncn2)cs1. The molecule has 0 unspecified atom stereocenters. The summed E-state index contributed by atoms with van der Waals surface area (Å²) in [5.74, 6) is -0.0984. The van der Waals surface area contributed by atoms with Crippen LogP contribution in [0.15, 0.2) is 66.6 Å². The Labute approximate surface area is 173 Å². The number of pyridine rings is 1. The van der Waals surface area contributed by atoms with Crippen LogP contribution in [0.3, 0.4) is 0 Å². The van der Waals surface area contributed by atoms with Crippen LogP contribution in [0.25, 0.3) is 11.4 Å². The average Bonchev–Trinajstić information content (AvgIpc) is 3.24. The minimum absolute atomic E-state index is 0.243. The maximum Gasteiger partial charge on any atom is 0.274 e. The molecule has 4 rings (SSSR count). The molecule has 3 heterocycles. The molecule has 0 saturated heterocycles. The Hall–Kier alpha value is -3.43. The van der Waals surface area contributed by atoms with E-state index in [9.17, 15) is 9.18 Å². The standard InChI is InChI=1S/C19H11ClFN5O2S/c20-26(18(27)12-3-5-13(21)6-4-12)19-25-16(10-29-19)15-8-17(24-11-23-15)28-14-2-1-7-22-9-14/h1-11H. The van der Waals surface area contributed by atoms with Crippen LogP contribution in [-0.2, 0) is 0 Å². The molecule has 0 saturated carbocycles. The number of aromatic nitrogens is 4. The highest BCUT2D eigenvalue weighted by Gasteiger charge is 2.20. The normalized spacial score (nSPS) is 10.6. The first-order chi connectivity index (χ1) is 14.1. The highest BCUT2D eigenvalue weighted by Crippen LogP contribution is 2.30. The highest BCUT2D eigenvalue weighted by molar-refractivity contribution is 7.14. The number of nitrogens with zero attached hydrogens (tertiary/aromatic N) is 5. The van der Waals surface area contributed by atoms with Gasteiger partial charge in [-0.1, -0.05) is 0 Å². The van der Waals surface area contributed by atoms with Crippen LogP contribution >= 0.6 is 23.1 Å². The van der Waals surface area contributed by atoms with E-state index >= 15 is 0 Å². The third-order valence-electron chi connectivity index (χ3n) is 3.69. The van der Waals surface area contributed by atoms with Gasteiger partial charge in [0.25, 0.3) is 5.91 Å². The van der Waals surface area contributed by atoms with Crippen LogP contribution in [0.5, 0.6) is 11.6 Å². The number of anilines is 1. The maximum atomic E-state index is 13.0. The Kier molecular flexibility index (Phi) is 5.41. The quantitative estimate of drug-likeness (QED) is 0.428. The summed E-state index contributed by atoms with van der Waals surface area (Å²) in [6.45, 7) is 0. The van der Waals surface area contributed by atoms with Crippen molar-refractivity contribution in [3.05, 3.63) is 77.9 Å². The second-order valence-corrected chi connectivity index (χ2v) is 6.82. The molecular weight excluding hydrogens is 417 g/mol. The first kappa shape index (κ1) is 18.9. The van der Waals surface area contributed by atoms with Crippen molar-refractivity contribution in [3.8, 4) is 23.0 Å². The Morgan fingerprint density at radius 3 is 2.72 bits per heavy atom. The van der Waals surface area contributed by atoms with Crippen molar-refractivity contribution in [2.45, 2.75) is 0 Å². The highest BCUT2D eigenvalue weighted by atomic mass is 35.5. The van der Waals surface area contributed by atoms with E-state index in [0.29, 0.717) is 23.0 Å². The minimum atomic E-state index is -0.518. The van der Waals surface area contributed by atoms with Crippen LogP contribution in [0.2, 0.25) is 0 Å². The summed E-state index contributed by atoms with van der Waals surface area (Å²) in [5, 5.41) is 1.96. The minimum Gasteiger partial charge on any atom is -0.437 e. The van der Waals surface area contributed by atoms with Crippen molar-refractivity contribution in [1.29, 1.82) is 0 Å². The fraction of sp³-hybridized carbons (Fsp3) is 0. The maximum absolute atomic E-state index is 13.0. The van der Waals surface area contributed by atoms with Crippen molar-refractivity contribution >= 4 is 34.2 Å². The van der Waals surface area contributed by atoms with Gasteiger partial charge in [0.2, 0.25) is 11.0 Å². The molecule has 10 heteroatoms. The first-order valence-corrected chi connectivity index (χ1v) is 9.43. The lowest BCUT2D eigenvalue weighted by Gasteiger charge is -2.10. The predicted molar refractivity (Wildman–Crippen MR) is 107 cm³/mol. The number of ether oxygens (including phenoxy) is 1. The number of carbonyl (C=O) groups is 1. The van der Waals surface area contributed by atoms with Gasteiger partial charge in [-0.25, -0.2) is 19.3 Å². The molecule has 0 spiro atoms. The van der Waals surface area contributed by atoms with Crippen molar-refractivity contribution in [2.24, 2.45) is 0 Å². The fourth-order valence-corrected chi connectivity index (χ4v) is 3.30. The molecule has 7 nitrogen and oxygen atoms in total. The van der Waals surface area contributed by atoms with Gasteiger partial charge in [-0.05, 0) is 36.4 Å². The number of amides is 1. The molecule has 0 N–H and O–H groups in total. The van der Waals surface area contributed by atoms with E-state index in [1.807, 2.05) is 0 Å². The zero-order valence-corrected chi connectivity index (χ0v) is 16.1. The number of rotatable bonds is 5. The van der Waals surface area contributed by atoms with Crippen LogP contribution in [0.4, 0.5) is 9.52 Å². The van der Waals surface area contributed by atoms with E-state index < -0.39 is 11.7 Å². The molecule has 0 aliphatic carbocycles. The molecule has 1 amide bonds. The van der Waals surface area contributed by atoms with Crippen molar-refractivity contribution in [3.63, 3.8) is 0 Å². The lowest BCUT2D eigenvalue weighted by Crippen LogP contribution is -2.20. The number of hydrogen-bond acceptors (Lipinski definition) is 7. The van der Waals surface area contributed by atoms with E-state index in [2.05, 4.69) is 19.9 Å². The van der Waals surface area contributed by atoms with Crippen LogP contribution < -0.4 is 9.16 Å². The zero-order chi connectivity index (χ0) is 20.2. The topological polar surface area (TPSA) is 81.1 Å². The molecule has 0 radical (unpaired) electrons. The third kappa shape index (κ3) is 4.36. The Balaban J connectivity index is 1.53. The van der Waals surface area contributed by atoms with E-state index in [1.165, 1.54) is 41.9 Å². The lowest BCUT2D eigenvalue weighted by molar-refractivity contribution is 0.101. The molecule has 0 bridgehead atoms. The zero-order valence-electron chi connectivity index (χ0n) is 14.6. The molecule has 0 aliphatic heterocycles. The Bertz CT molecular complexity index is 1140. The largest absolute Gasteiger partial charge is 0.437 e. The van der Waals surface area contributed by atoms with Gasteiger partial charge in [-0.3, -0.25) is 9.78 Å². The summed E-state index contributed by atoms with van der Waals surface area (Å²) in [4.78, 5) is 29.0. The van der Waals surface area contributed by atoms with Gasteiger partial charge in [-0.2, -0.15) is 4.42 Å². The number of benzene rings is 1. The Morgan fingerprint density at radius 1 is 1.14 bits per heavy atom. The molecule has 0 fully saturated rings. The van der Waals surface area contributed by atoms with Gasteiger partial charge in [0.05, 0.1) is 11.9 Å². The van der Waals surface area contributed by atoms with E-state index in [4.69, 9.17) is 16.5 Å². The van der Waals surface area contributed by atoms with Gasteiger partial charge in [0.1, 0.15) is 23.6 Å². The van der Waals surface area contributed by atoms with Gasteiger partial charge in [0, 0.05) is 35.0 Å². The van der Waals surface area contributed by atoms with Crippen LogP contribution in [-0.4, -0.2) is 25.8 Å². The molecule has 3 aromatic heterocycles. The van der Waals surface area contributed by atoms with Crippen molar-refractivity contribution in [1.82, 2.24) is 19.9 Å². The Morgan fingerprint density at radius 2 is 1.97 bits per heavy atom. The number of thiazole rings is 1. The van der Waals surface area contributed by atoms with Gasteiger partial charge in [-0.15, -0.1) is 11.3 Å². The molecule has 4 aromatic rings. The summed E-state index contributed by atoms with van der Waals surface area (Å²) in [5.41, 5.74) is 1.24. The van der Waals surface area contributed by atoms with E-state index in [1.54, 1.807) is 36.0 Å². The van der Waals surface area contributed by atoms with Crippen molar-refractivity contribution in [2.75, 3.05) is 4.42 Å². The summed E-state index contributed by atoms with van der Waals surface area (Å²) >= 11 is 7.31. The molecule has 1 aromatic carbocycles. The summed E-state index contributed by atoms with van der Waals surface area (Å²) in [7, 11) is 0. The van der Waals surface area contributed by atoms with E-state index in [-0.39, 0.29) is 10.7 Å². The molecule has 0 aliphatic rings. The summed E-state index contributed by atoms with van der Waals surface area (Å²) in [6.07, 6.45) is 4.55. The third-order valence-corrected chi connectivity index (χ3v) is 4.93. The smallest absolute Gasteiger partial charge is 0.274 e. The second-order valence-electron chi connectivity index (χ2n) is 5.64. The van der Waals surface area contributed by atoms with Gasteiger partial charge >= 0.3 is 0 Å². The van der Waals surface area contributed by atoms with Crippen molar-refractivity contribution < 1.29 is 13.9 Å². The number of hydrogen-bond donors (Lipinski definition) is 0. The average molecular weight is 428 g/mol. The molecule has 144 valence electrons. The predicted octanol–water partition coefficient (Wildman–Crippen LogP) is 4.73. The molecule has 0 atom stereocenters. The monoisotopic (exact) mass is 427 g/mol. The fourth-order valence-electron chi connectivity index (χ4n) is 2.33. The summed E-state index contributed by atoms with van der Waals surface area (Å²) in [6, 6.07) is 10.2.